The number of fused-ring (bicyclic) bond motifs is 2. The maximum atomic E-state index is 13.5. The van der Waals surface area contributed by atoms with Crippen LogP contribution in [-0.2, 0) is 61.9 Å². The molecule has 4 N–H and O–H groups in total. The van der Waals surface area contributed by atoms with Crippen LogP contribution in [-0.4, -0.2) is 197 Å². The van der Waals surface area contributed by atoms with E-state index in [0.29, 0.717) is 71.6 Å². The zero-order chi connectivity index (χ0) is 72.7. The maximum absolute atomic E-state index is 13.5. The molecule has 16 atom stereocenters. The molecule has 12 bridgehead atoms. The van der Waals surface area contributed by atoms with E-state index in [0.717, 1.165) is 25.7 Å². The quantitative estimate of drug-likeness (QED) is 0.0355. The predicted molar refractivity (Wildman–Crippen MR) is 358 cm³/mol. The van der Waals surface area contributed by atoms with Crippen molar-refractivity contribution in [3.8, 4) is 0 Å². The van der Waals surface area contributed by atoms with Crippen molar-refractivity contribution in [1.82, 2.24) is 0 Å². The number of carbonyl (C=O) groups is 6. The molecular weight excluding hydrogens is 1530 g/mol. The normalized spacial score (nSPS) is 35.1. The number of carbonyl (C=O) groups excluding carboxylic acids is 5. The molecule has 12 saturated carbocycles. The number of carboxylic acids is 1. The van der Waals surface area contributed by atoms with E-state index in [2.05, 4.69) is 121 Å². The molecule has 16 unspecified atom stereocenters. The molecule has 0 amide bonds. The number of ether oxygens (including phenoxy) is 7. The molecule has 2 aliphatic heterocycles. The van der Waals surface area contributed by atoms with E-state index in [-0.39, 0.29) is 152 Å². The molecule has 101 heavy (non-hydrogen) atoms. The van der Waals surface area contributed by atoms with Crippen LogP contribution in [0.2, 0.25) is 0 Å². The number of benzene rings is 4. The molecule has 10 radical (unpaired) electrons. The fraction of sp³-hybridized carbons (Fsp3) is 0.571. The van der Waals surface area contributed by atoms with Crippen LogP contribution in [0.1, 0.15) is 117 Å². The Morgan fingerprint density at radius 1 is 0.505 bits per heavy atom. The molecule has 2 heterocycles. The van der Waals surface area contributed by atoms with Gasteiger partial charge in [0.25, 0.3) is 0 Å². The number of rotatable bonds is 17. The van der Waals surface area contributed by atoms with Crippen LogP contribution in [0.4, 0.5) is 17.6 Å². The molecule has 18 rings (SSSR count). The van der Waals surface area contributed by atoms with Gasteiger partial charge in [-0.15, -0.1) is 0 Å². The van der Waals surface area contributed by atoms with Crippen LogP contribution in [0.5, 0.6) is 0 Å². The van der Waals surface area contributed by atoms with Gasteiger partial charge in [0.05, 0.1) is 39.8 Å². The van der Waals surface area contributed by atoms with Gasteiger partial charge in [-0.3, -0.25) is 9.59 Å². The van der Waals surface area contributed by atoms with E-state index in [9.17, 15) is 61.6 Å². The monoisotopic (exact) mass is 1610 g/mol. The number of carboxylic acid groups (broad SMARTS) is 1. The minimum absolute atomic E-state index is 0.000264. The molecule has 14 aliphatic rings. The fourth-order valence-corrected chi connectivity index (χ4v) is 23.1. The van der Waals surface area contributed by atoms with Gasteiger partial charge in [0.1, 0.15) is 43.2 Å². The van der Waals surface area contributed by atoms with Crippen LogP contribution < -0.4 is 42.4 Å². The number of halogens is 6. The third-order valence-electron chi connectivity index (χ3n) is 21.6. The molecular formula is C70H78B8F4I2O17-2. The summed E-state index contributed by atoms with van der Waals surface area (Å²) < 4.78 is 95.0. The van der Waals surface area contributed by atoms with E-state index in [1.54, 1.807) is 0 Å². The first-order valence-corrected chi connectivity index (χ1v) is 38.6. The van der Waals surface area contributed by atoms with Gasteiger partial charge in [-0.1, -0.05) is 0 Å². The fourth-order valence-electron chi connectivity index (χ4n) is 18.5. The van der Waals surface area contributed by atoms with Gasteiger partial charge >= 0.3 is 226 Å². The molecule has 12 aliphatic carbocycles. The summed E-state index contributed by atoms with van der Waals surface area (Å²) in [5.41, 5.74) is -5.76. The number of hydrogen-bond acceptors (Lipinski definition) is 16. The predicted octanol–water partition coefficient (Wildman–Crippen LogP) is -0.0945. The average Bonchev–Trinajstić information content (AvgIpc) is 1.69. The van der Waals surface area contributed by atoms with Gasteiger partial charge in [0, 0.05) is 134 Å². The van der Waals surface area contributed by atoms with E-state index < -0.39 is 94.6 Å². The molecule has 31 heteroatoms. The van der Waals surface area contributed by atoms with Gasteiger partial charge in [-0.2, -0.15) is 17.6 Å². The van der Waals surface area contributed by atoms with Gasteiger partial charge in [-0.05, 0) is 76.0 Å². The van der Waals surface area contributed by atoms with Crippen molar-refractivity contribution >= 4 is 93.7 Å². The molecule has 0 spiro atoms. The number of aliphatic carboxylic acids is 1. The van der Waals surface area contributed by atoms with Crippen molar-refractivity contribution in [1.29, 1.82) is 0 Å². The third-order valence-corrected chi connectivity index (χ3v) is 26.9. The number of alkyl halides is 4. The zero-order valence-electron chi connectivity index (χ0n) is 56.2. The van der Waals surface area contributed by atoms with Crippen molar-refractivity contribution in [3.63, 3.8) is 0 Å². The van der Waals surface area contributed by atoms with Crippen molar-refractivity contribution < 1.29 is 142 Å². The summed E-state index contributed by atoms with van der Waals surface area (Å²) in [5.74, 6) is -11.5. The number of aliphatic hydroxyl groups is 3. The van der Waals surface area contributed by atoms with Crippen molar-refractivity contribution in [2.24, 2.45) is 47.3 Å². The Morgan fingerprint density at radius 2 is 0.832 bits per heavy atom. The first-order chi connectivity index (χ1) is 47.5. The Morgan fingerprint density at radius 3 is 1.15 bits per heavy atom. The SMILES string of the molecule is CC(F)(F)C(=O)O.CC(F)(F)C(=O)OC12CC3CC(O)(CC(OCC(=O)OC4C5CC6C(=O)OC4C6C5)(C3)C1)C2.O=C(COC12CC3CC(O)(CC(O)(C3)C1)C2)OC1C2CC3C(=O)OC1C3C2.[B]B([B])B([B])B([B])[B].c1ccc([I-]c2ccccc2)cc1.c1ccc([I-]c2ccccc2)cc1. The van der Waals surface area contributed by atoms with Crippen LogP contribution in [0, 0.1) is 61.6 Å². The summed E-state index contributed by atoms with van der Waals surface area (Å²) in [5, 5.41) is 40.2. The van der Waals surface area contributed by atoms with Gasteiger partial charge in [-0.25, -0.2) is 19.2 Å². The van der Waals surface area contributed by atoms with Crippen LogP contribution in [0.25, 0.3) is 0 Å². The molecule has 4 aromatic carbocycles. The van der Waals surface area contributed by atoms with Gasteiger partial charge in [0.15, 0.2) is 0 Å². The summed E-state index contributed by atoms with van der Waals surface area (Å²) in [4.78, 5) is 70.1. The Hall–Kier alpha value is -4.80. The average molecular weight is 1610 g/mol. The summed E-state index contributed by atoms with van der Waals surface area (Å²) in [6, 6.07) is 42.8. The van der Waals surface area contributed by atoms with E-state index >= 15 is 0 Å². The second kappa shape index (κ2) is 31.0. The van der Waals surface area contributed by atoms with Gasteiger partial charge in [0.2, 0.25) is 0 Å². The van der Waals surface area contributed by atoms with Crippen molar-refractivity contribution in [3.05, 3.63) is 136 Å². The Labute approximate surface area is 614 Å². The van der Waals surface area contributed by atoms with Crippen LogP contribution in [0.3, 0.4) is 0 Å². The Bertz CT molecular complexity index is 3420. The Kier molecular flexibility index (Phi) is 23.7. The minimum atomic E-state index is -3.63. The van der Waals surface area contributed by atoms with Crippen molar-refractivity contribution in [2.45, 2.75) is 186 Å². The summed E-state index contributed by atoms with van der Waals surface area (Å²) in [7, 11) is 25.8. The van der Waals surface area contributed by atoms with Crippen LogP contribution >= 0.6 is 0 Å². The second-order valence-electron chi connectivity index (χ2n) is 30.1. The molecule has 17 nitrogen and oxygen atoms in total. The summed E-state index contributed by atoms with van der Waals surface area (Å²) in [6.07, 6.45) is 5.37. The molecule has 2 saturated heterocycles. The number of esters is 5. The summed E-state index contributed by atoms with van der Waals surface area (Å²) >= 11 is 0.0574. The molecule has 14 fully saturated rings. The van der Waals surface area contributed by atoms with Gasteiger partial charge < -0.3 is 53.6 Å². The van der Waals surface area contributed by atoms with Crippen molar-refractivity contribution in [2.75, 3.05) is 13.2 Å². The summed E-state index contributed by atoms with van der Waals surface area (Å²) in [6.45, 7) is 0.271. The van der Waals surface area contributed by atoms with Crippen LogP contribution in [0.15, 0.2) is 121 Å². The van der Waals surface area contributed by atoms with E-state index in [1.165, 1.54) is 14.3 Å². The Balaban J connectivity index is 0.000000134. The third kappa shape index (κ3) is 18.7. The first kappa shape index (κ1) is 77.3. The van der Waals surface area contributed by atoms with E-state index in [4.69, 9.17) is 76.9 Å². The topological polar surface area (TPSA) is 248 Å². The number of hydrogen-bond donors (Lipinski definition) is 4. The molecule has 4 aromatic rings. The first-order valence-electron chi connectivity index (χ1n) is 34.3. The van der Waals surface area contributed by atoms with E-state index in [1.807, 2.05) is 0 Å². The second-order valence-corrected chi connectivity index (χ2v) is 36.2. The zero-order valence-corrected chi connectivity index (χ0v) is 60.5. The molecule has 0 aromatic heterocycles. The standard InChI is InChI=1S/C23H28F2O8.C20H26O7.2C12H10I.C3H4F2O2.B8/c1-20(24,25)19(28)33-23-6-11-4-21(29,9-23)8-22(5-11,10-23)30-7-15(26)31-16-12-2-13-14(3-12)18(27)32-17(13)16;21-14(26-15-11-1-12-13(2-11)17(22)27-16(12)15)6-25-20-5-10-3-18(23,8-20)7-19(24,4-10)9-20;2*1-3-7-11(8-4-1)13-12-9-5-2-6-10-12;1-3(4,5)2(6)7;1-6(2)8(5)7(3)4/h11-14,16-17,29H,2-10H2,1H3;10-13,15-16,23-24H,1-9H2;2*1-10H;1H3,(H,6,7);/q;;2*-1;;. The molecule has 528 valence electrons.